The van der Waals surface area contributed by atoms with Gasteiger partial charge in [-0.25, -0.2) is 4.39 Å². The molecule has 0 saturated heterocycles. The average Bonchev–Trinajstić information content (AvgIpc) is 2.63. The number of nitrogens with zero attached hydrogens (tertiary/aromatic N) is 2. The molecule has 0 bridgehead atoms. The molecule has 0 spiro atoms. The van der Waals surface area contributed by atoms with Crippen molar-refractivity contribution in [1.82, 2.24) is 10.1 Å². The standard InChI is InChI=1S/C9H3F4IN2O/c10-6-4(7-15-8(14)16-17-7)2-1-3-5(6)9(11,12)13/h1-3H. The van der Waals surface area contributed by atoms with E-state index < -0.39 is 17.6 Å². The Labute approximate surface area is 106 Å². The first kappa shape index (κ1) is 12.3. The molecule has 2 rings (SSSR count). The van der Waals surface area contributed by atoms with Gasteiger partial charge in [-0.1, -0.05) is 11.2 Å². The lowest BCUT2D eigenvalue weighted by Crippen LogP contribution is -2.08. The summed E-state index contributed by atoms with van der Waals surface area (Å²) in [5.74, 6) is -1.70. The minimum Gasteiger partial charge on any atom is -0.333 e. The van der Waals surface area contributed by atoms with Gasteiger partial charge in [0.1, 0.15) is 5.82 Å². The summed E-state index contributed by atoms with van der Waals surface area (Å²) >= 11 is 1.70. The second kappa shape index (κ2) is 4.24. The van der Waals surface area contributed by atoms with E-state index in [-0.39, 0.29) is 15.3 Å². The second-order valence-electron chi connectivity index (χ2n) is 3.03. The van der Waals surface area contributed by atoms with E-state index in [1.54, 1.807) is 22.6 Å². The summed E-state index contributed by atoms with van der Waals surface area (Å²) in [4.78, 5) is 3.67. The van der Waals surface area contributed by atoms with Crippen LogP contribution in [-0.2, 0) is 6.18 Å². The maximum absolute atomic E-state index is 13.6. The number of rotatable bonds is 1. The highest BCUT2D eigenvalue weighted by atomic mass is 127. The Balaban J connectivity index is 2.57. The monoisotopic (exact) mass is 358 g/mol. The predicted molar refractivity (Wildman–Crippen MR) is 57.4 cm³/mol. The molecule has 0 atom stereocenters. The molecule has 1 aromatic heterocycles. The maximum atomic E-state index is 13.6. The normalized spacial score (nSPS) is 11.8. The van der Waals surface area contributed by atoms with Crippen LogP contribution >= 0.6 is 22.6 Å². The Bertz CT molecular complexity index is 552. The fourth-order valence-corrected chi connectivity index (χ4v) is 1.55. The first-order valence-electron chi connectivity index (χ1n) is 4.25. The van der Waals surface area contributed by atoms with Gasteiger partial charge in [-0.3, -0.25) is 0 Å². The zero-order valence-corrected chi connectivity index (χ0v) is 10.1. The molecule has 90 valence electrons. The molecule has 0 aliphatic rings. The van der Waals surface area contributed by atoms with Crippen molar-refractivity contribution in [2.75, 3.05) is 0 Å². The molecular formula is C9H3F4IN2O. The maximum Gasteiger partial charge on any atom is 0.419 e. The zero-order valence-electron chi connectivity index (χ0n) is 7.92. The van der Waals surface area contributed by atoms with E-state index in [1.807, 2.05) is 0 Å². The quantitative estimate of drug-likeness (QED) is 0.579. The Kier molecular flexibility index (Phi) is 3.06. The van der Waals surface area contributed by atoms with Crippen molar-refractivity contribution in [2.45, 2.75) is 6.18 Å². The molecule has 0 N–H and O–H groups in total. The Morgan fingerprint density at radius 3 is 2.47 bits per heavy atom. The molecule has 2 aromatic rings. The van der Waals surface area contributed by atoms with Crippen LogP contribution in [0, 0.1) is 9.65 Å². The fourth-order valence-electron chi connectivity index (χ4n) is 1.23. The van der Waals surface area contributed by atoms with E-state index in [2.05, 4.69) is 14.7 Å². The molecule has 0 aliphatic carbocycles. The van der Waals surface area contributed by atoms with Gasteiger partial charge in [-0.2, -0.15) is 18.2 Å². The Morgan fingerprint density at radius 2 is 1.94 bits per heavy atom. The molecule has 1 heterocycles. The number of halogens is 5. The van der Waals surface area contributed by atoms with Crippen molar-refractivity contribution in [3.8, 4) is 11.5 Å². The van der Waals surface area contributed by atoms with Crippen LogP contribution in [0.5, 0.6) is 0 Å². The van der Waals surface area contributed by atoms with Crippen LogP contribution in [0.25, 0.3) is 11.5 Å². The first-order valence-corrected chi connectivity index (χ1v) is 5.33. The fraction of sp³-hybridized carbons (Fsp3) is 0.111. The largest absolute Gasteiger partial charge is 0.419 e. The third-order valence-electron chi connectivity index (χ3n) is 1.94. The SMILES string of the molecule is Fc1c(-c2nc(I)no2)cccc1C(F)(F)F. The number of alkyl halides is 3. The number of hydrogen-bond donors (Lipinski definition) is 0. The van der Waals surface area contributed by atoms with E-state index >= 15 is 0 Å². The highest BCUT2D eigenvalue weighted by molar-refractivity contribution is 14.1. The average molecular weight is 358 g/mol. The van der Waals surface area contributed by atoms with Crippen LogP contribution in [0.15, 0.2) is 22.7 Å². The molecule has 1 aromatic carbocycles. The minimum atomic E-state index is -4.76. The smallest absolute Gasteiger partial charge is 0.333 e. The number of benzene rings is 1. The van der Waals surface area contributed by atoms with Gasteiger partial charge in [0.2, 0.25) is 3.83 Å². The van der Waals surface area contributed by atoms with Gasteiger partial charge < -0.3 is 4.52 Å². The predicted octanol–water partition coefficient (Wildman–Crippen LogP) is 3.50. The van der Waals surface area contributed by atoms with E-state index in [0.29, 0.717) is 6.07 Å². The third-order valence-corrected chi connectivity index (χ3v) is 2.37. The lowest BCUT2D eigenvalue weighted by Gasteiger charge is -2.08. The molecule has 0 aliphatic heterocycles. The molecule has 17 heavy (non-hydrogen) atoms. The van der Waals surface area contributed by atoms with Crippen molar-refractivity contribution in [2.24, 2.45) is 0 Å². The molecule has 0 radical (unpaired) electrons. The first-order chi connectivity index (χ1) is 7.89. The Morgan fingerprint density at radius 1 is 1.24 bits per heavy atom. The molecule has 8 heteroatoms. The summed E-state index contributed by atoms with van der Waals surface area (Å²) < 4.78 is 55.7. The van der Waals surface area contributed by atoms with E-state index in [0.717, 1.165) is 12.1 Å². The lowest BCUT2D eigenvalue weighted by molar-refractivity contribution is -0.139. The molecule has 0 unspecified atom stereocenters. The summed E-state index contributed by atoms with van der Waals surface area (Å²) in [5, 5.41) is 3.38. The molecular weight excluding hydrogens is 355 g/mol. The molecule has 3 nitrogen and oxygen atoms in total. The van der Waals surface area contributed by atoms with Crippen molar-refractivity contribution >= 4 is 22.6 Å². The molecule has 0 saturated carbocycles. The van der Waals surface area contributed by atoms with Gasteiger partial charge in [0, 0.05) is 22.6 Å². The van der Waals surface area contributed by atoms with E-state index in [4.69, 9.17) is 0 Å². The summed E-state index contributed by atoms with van der Waals surface area (Å²) in [7, 11) is 0. The van der Waals surface area contributed by atoms with Crippen LogP contribution < -0.4 is 0 Å². The van der Waals surface area contributed by atoms with Crippen LogP contribution in [0.1, 0.15) is 5.56 Å². The van der Waals surface area contributed by atoms with Crippen LogP contribution in [0.2, 0.25) is 0 Å². The van der Waals surface area contributed by atoms with Crippen molar-refractivity contribution in [1.29, 1.82) is 0 Å². The van der Waals surface area contributed by atoms with Crippen molar-refractivity contribution in [3.63, 3.8) is 0 Å². The van der Waals surface area contributed by atoms with Crippen LogP contribution in [0.3, 0.4) is 0 Å². The van der Waals surface area contributed by atoms with E-state index in [9.17, 15) is 17.6 Å². The van der Waals surface area contributed by atoms with Gasteiger partial charge in [0.05, 0.1) is 11.1 Å². The van der Waals surface area contributed by atoms with Gasteiger partial charge >= 0.3 is 6.18 Å². The van der Waals surface area contributed by atoms with Crippen LogP contribution in [0.4, 0.5) is 17.6 Å². The minimum absolute atomic E-state index is 0.189. The van der Waals surface area contributed by atoms with Crippen molar-refractivity contribution < 1.29 is 22.1 Å². The second-order valence-corrected chi connectivity index (χ2v) is 4.00. The van der Waals surface area contributed by atoms with Gasteiger partial charge in [0.25, 0.3) is 5.89 Å². The summed E-state index contributed by atoms with van der Waals surface area (Å²) in [5.41, 5.74) is -1.72. The lowest BCUT2D eigenvalue weighted by atomic mass is 10.1. The Hall–Kier alpha value is -1.19. The number of aromatic nitrogens is 2. The summed E-state index contributed by atoms with van der Waals surface area (Å²) in [6.45, 7) is 0. The summed E-state index contributed by atoms with van der Waals surface area (Å²) in [6.07, 6.45) is -4.76. The third kappa shape index (κ3) is 2.40. The highest BCUT2D eigenvalue weighted by Gasteiger charge is 2.35. The highest BCUT2D eigenvalue weighted by Crippen LogP contribution is 2.34. The molecule has 0 fully saturated rings. The number of hydrogen-bond acceptors (Lipinski definition) is 3. The van der Waals surface area contributed by atoms with Gasteiger partial charge in [-0.05, 0) is 12.1 Å². The molecule has 0 amide bonds. The van der Waals surface area contributed by atoms with E-state index in [1.165, 1.54) is 0 Å². The van der Waals surface area contributed by atoms with Crippen LogP contribution in [-0.4, -0.2) is 10.1 Å². The summed E-state index contributed by atoms with van der Waals surface area (Å²) in [6, 6.07) is 2.88. The topological polar surface area (TPSA) is 38.9 Å². The zero-order chi connectivity index (χ0) is 12.6. The van der Waals surface area contributed by atoms with Gasteiger partial charge in [0.15, 0.2) is 0 Å². The van der Waals surface area contributed by atoms with Crippen molar-refractivity contribution in [3.05, 3.63) is 33.4 Å². The van der Waals surface area contributed by atoms with Gasteiger partial charge in [-0.15, -0.1) is 0 Å².